The molecule has 0 aliphatic rings. The van der Waals surface area contributed by atoms with Gasteiger partial charge in [-0.1, -0.05) is 30.3 Å². The molecule has 28 heavy (non-hydrogen) atoms. The molecule has 0 unspecified atom stereocenters. The molecule has 4 heteroatoms. The zero-order valence-electron chi connectivity index (χ0n) is 16.3. The molecule has 0 aliphatic heterocycles. The Morgan fingerprint density at radius 1 is 0.893 bits per heavy atom. The van der Waals surface area contributed by atoms with E-state index in [1.807, 2.05) is 32.0 Å². The minimum absolute atomic E-state index is 0. The summed E-state index contributed by atoms with van der Waals surface area (Å²) >= 11 is 0. The lowest BCUT2D eigenvalue weighted by molar-refractivity contribution is 0.467. The standard InChI is InChI=1S/C24H24N2O.ClH/c1-15-11-19(12-16(2)24(15)27)23-17(3)21-13-20(9-10-22(21)26-23)25-14-18-7-5-4-6-8-18;/h4-13,25-27H,14H2,1-3H3;1H. The smallest absolute Gasteiger partial charge is 0.121 e. The van der Waals surface area contributed by atoms with Crippen LogP contribution in [-0.4, -0.2) is 10.1 Å². The molecule has 3 nitrogen and oxygen atoms in total. The maximum absolute atomic E-state index is 10.1. The van der Waals surface area contributed by atoms with E-state index >= 15 is 0 Å². The fourth-order valence-electron chi connectivity index (χ4n) is 3.63. The molecular weight excluding hydrogens is 368 g/mol. The molecule has 4 aromatic rings. The van der Waals surface area contributed by atoms with Crippen LogP contribution in [0.15, 0.2) is 60.7 Å². The van der Waals surface area contributed by atoms with Crippen molar-refractivity contribution < 1.29 is 5.11 Å². The first-order chi connectivity index (χ1) is 13.0. The Bertz CT molecular complexity index is 1090. The third-order valence-electron chi connectivity index (χ3n) is 5.18. The van der Waals surface area contributed by atoms with Crippen LogP contribution in [0.25, 0.3) is 22.2 Å². The molecule has 0 atom stereocenters. The number of hydrogen-bond acceptors (Lipinski definition) is 2. The van der Waals surface area contributed by atoms with Gasteiger partial charge in [0.25, 0.3) is 0 Å². The molecule has 0 saturated heterocycles. The van der Waals surface area contributed by atoms with Gasteiger partial charge >= 0.3 is 0 Å². The van der Waals surface area contributed by atoms with Crippen LogP contribution in [0.3, 0.4) is 0 Å². The van der Waals surface area contributed by atoms with Crippen LogP contribution in [-0.2, 0) is 6.54 Å². The number of aromatic nitrogens is 1. The minimum atomic E-state index is 0. The molecule has 0 bridgehead atoms. The van der Waals surface area contributed by atoms with Crippen molar-refractivity contribution in [3.63, 3.8) is 0 Å². The maximum atomic E-state index is 10.1. The summed E-state index contributed by atoms with van der Waals surface area (Å²) < 4.78 is 0. The highest BCUT2D eigenvalue weighted by atomic mass is 35.5. The van der Waals surface area contributed by atoms with Gasteiger partial charge in [0.05, 0.1) is 0 Å². The topological polar surface area (TPSA) is 48.0 Å². The average Bonchev–Trinajstić information content (AvgIpc) is 3.01. The highest BCUT2D eigenvalue weighted by Gasteiger charge is 2.12. The van der Waals surface area contributed by atoms with E-state index in [4.69, 9.17) is 0 Å². The van der Waals surface area contributed by atoms with E-state index < -0.39 is 0 Å². The van der Waals surface area contributed by atoms with Crippen LogP contribution in [0.2, 0.25) is 0 Å². The van der Waals surface area contributed by atoms with Crippen molar-refractivity contribution in [2.45, 2.75) is 27.3 Å². The monoisotopic (exact) mass is 392 g/mol. The molecular formula is C24H25ClN2O. The quantitative estimate of drug-likeness (QED) is 0.371. The fraction of sp³-hybridized carbons (Fsp3) is 0.167. The number of aromatic amines is 1. The van der Waals surface area contributed by atoms with Gasteiger partial charge in [-0.25, -0.2) is 0 Å². The third-order valence-corrected chi connectivity index (χ3v) is 5.18. The second-order valence-electron chi connectivity index (χ2n) is 7.18. The van der Waals surface area contributed by atoms with Crippen molar-refractivity contribution in [1.82, 2.24) is 4.98 Å². The lowest BCUT2D eigenvalue weighted by atomic mass is 10.0. The number of rotatable bonds is 4. The van der Waals surface area contributed by atoms with Gasteiger partial charge in [-0.3, -0.25) is 0 Å². The third kappa shape index (κ3) is 3.71. The number of anilines is 1. The number of fused-ring (bicyclic) bond motifs is 1. The molecule has 0 radical (unpaired) electrons. The largest absolute Gasteiger partial charge is 0.507 e. The summed E-state index contributed by atoms with van der Waals surface area (Å²) in [5.74, 6) is 0.375. The maximum Gasteiger partial charge on any atom is 0.121 e. The summed E-state index contributed by atoms with van der Waals surface area (Å²) in [6, 6.07) is 20.9. The average molecular weight is 393 g/mol. The second kappa shape index (κ2) is 7.99. The second-order valence-corrected chi connectivity index (χ2v) is 7.18. The molecule has 4 rings (SSSR count). The van der Waals surface area contributed by atoms with E-state index in [2.05, 4.69) is 59.7 Å². The highest BCUT2D eigenvalue weighted by molar-refractivity contribution is 5.92. The van der Waals surface area contributed by atoms with Crippen LogP contribution < -0.4 is 5.32 Å². The van der Waals surface area contributed by atoms with Crippen LogP contribution in [0, 0.1) is 20.8 Å². The predicted octanol–water partition coefficient (Wildman–Crippen LogP) is 6.50. The number of benzene rings is 3. The van der Waals surface area contributed by atoms with E-state index in [0.717, 1.165) is 40.1 Å². The first-order valence-electron chi connectivity index (χ1n) is 9.23. The van der Waals surface area contributed by atoms with Gasteiger partial charge in [-0.15, -0.1) is 12.4 Å². The lowest BCUT2D eigenvalue weighted by Crippen LogP contribution is -1.98. The molecule has 3 N–H and O–H groups in total. The Labute approximate surface area is 171 Å². The Morgan fingerprint density at radius 3 is 2.25 bits per heavy atom. The summed E-state index contributed by atoms with van der Waals surface area (Å²) in [6.45, 7) is 6.83. The van der Waals surface area contributed by atoms with Crippen LogP contribution >= 0.6 is 12.4 Å². The minimum Gasteiger partial charge on any atom is -0.507 e. The molecule has 0 fully saturated rings. The normalized spacial score (nSPS) is 10.7. The summed E-state index contributed by atoms with van der Waals surface area (Å²) in [7, 11) is 0. The number of H-pyrrole nitrogens is 1. The van der Waals surface area contributed by atoms with E-state index in [1.165, 1.54) is 16.5 Å². The first kappa shape index (κ1) is 19.8. The molecule has 0 spiro atoms. The SMILES string of the molecule is Cc1cc(-c2[nH]c3ccc(NCc4ccccc4)cc3c2C)cc(C)c1O.Cl. The number of aryl methyl sites for hydroxylation is 3. The van der Waals surface area contributed by atoms with E-state index in [9.17, 15) is 5.11 Å². The van der Waals surface area contributed by atoms with Crippen molar-refractivity contribution in [3.8, 4) is 17.0 Å². The van der Waals surface area contributed by atoms with Crippen LogP contribution in [0.1, 0.15) is 22.3 Å². The van der Waals surface area contributed by atoms with Gasteiger partial charge in [-0.2, -0.15) is 0 Å². The zero-order valence-corrected chi connectivity index (χ0v) is 17.2. The summed E-state index contributed by atoms with van der Waals surface area (Å²) in [5, 5.41) is 14.8. The first-order valence-corrected chi connectivity index (χ1v) is 9.23. The van der Waals surface area contributed by atoms with Crippen molar-refractivity contribution in [1.29, 1.82) is 0 Å². The molecule has 3 aromatic carbocycles. The van der Waals surface area contributed by atoms with Crippen LogP contribution in [0.4, 0.5) is 5.69 Å². The Kier molecular flexibility index (Phi) is 5.66. The van der Waals surface area contributed by atoms with E-state index in [-0.39, 0.29) is 12.4 Å². The van der Waals surface area contributed by atoms with Gasteiger partial charge in [0.15, 0.2) is 0 Å². The van der Waals surface area contributed by atoms with Gasteiger partial charge in [0, 0.05) is 28.8 Å². The number of phenols is 1. The van der Waals surface area contributed by atoms with Gasteiger partial charge in [0.2, 0.25) is 0 Å². The number of nitrogens with one attached hydrogen (secondary N) is 2. The van der Waals surface area contributed by atoms with Crippen molar-refractivity contribution >= 4 is 29.0 Å². The van der Waals surface area contributed by atoms with E-state index in [0.29, 0.717) is 5.75 Å². The summed E-state index contributed by atoms with van der Waals surface area (Å²) in [4.78, 5) is 3.55. The van der Waals surface area contributed by atoms with Crippen LogP contribution in [0.5, 0.6) is 5.75 Å². The molecule has 0 saturated carbocycles. The van der Waals surface area contributed by atoms with Crippen molar-refractivity contribution in [3.05, 3.63) is 82.9 Å². The zero-order chi connectivity index (χ0) is 19.0. The van der Waals surface area contributed by atoms with E-state index in [1.54, 1.807) is 0 Å². The summed E-state index contributed by atoms with van der Waals surface area (Å²) in [5.41, 5.74) is 8.72. The highest BCUT2D eigenvalue weighted by Crippen LogP contribution is 2.34. The Balaban J connectivity index is 0.00000225. The molecule has 0 amide bonds. The van der Waals surface area contributed by atoms with Gasteiger partial charge in [0.1, 0.15) is 5.75 Å². The summed E-state index contributed by atoms with van der Waals surface area (Å²) in [6.07, 6.45) is 0. The predicted molar refractivity (Wildman–Crippen MR) is 121 cm³/mol. The Hall–Kier alpha value is -2.91. The number of hydrogen-bond donors (Lipinski definition) is 3. The number of aromatic hydroxyl groups is 1. The lowest BCUT2D eigenvalue weighted by Gasteiger charge is -2.08. The number of phenolic OH excluding ortho intramolecular Hbond substituents is 1. The fourth-order valence-corrected chi connectivity index (χ4v) is 3.63. The molecule has 1 aromatic heterocycles. The Morgan fingerprint density at radius 2 is 1.57 bits per heavy atom. The molecule has 1 heterocycles. The number of halogens is 1. The van der Waals surface area contributed by atoms with Gasteiger partial charge in [-0.05, 0) is 78.9 Å². The van der Waals surface area contributed by atoms with Crippen molar-refractivity contribution in [2.75, 3.05) is 5.32 Å². The molecule has 0 aliphatic carbocycles. The van der Waals surface area contributed by atoms with Gasteiger partial charge < -0.3 is 15.4 Å². The van der Waals surface area contributed by atoms with Crippen molar-refractivity contribution in [2.24, 2.45) is 0 Å². The molecule has 144 valence electrons.